The Hall–Kier alpha value is -1.78. The van der Waals surface area contributed by atoms with Crippen LogP contribution in [-0.4, -0.2) is 29.0 Å². The first-order chi connectivity index (χ1) is 13.0. The number of aromatic nitrogens is 1. The van der Waals surface area contributed by atoms with Crippen LogP contribution >= 0.6 is 11.6 Å². The molecule has 4 nitrogen and oxygen atoms in total. The highest BCUT2D eigenvalue weighted by Crippen LogP contribution is 2.24. The van der Waals surface area contributed by atoms with Gasteiger partial charge in [-0.05, 0) is 62.5 Å². The van der Waals surface area contributed by atoms with Crippen molar-refractivity contribution in [1.29, 1.82) is 0 Å². The van der Waals surface area contributed by atoms with Gasteiger partial charge in [-0.25, -0.2) is 4.98 Å². The zero-order valence-corrected chi connectivity index (χ0v) is 17.2. The number of nitrogens with two attached hydrogens (primary N) is 1. The van der Waals surface area contributed by atoms with Crippen LogP contribution in [0.5, 0.6) is 0 Å². The molecule has 3 N–H and O–H groups in total. The summed E-state index contributed by atoms with van der Waals surface area (Å²) in [6.45, 7) is 7.76. The van der Waals surface area contributed by atoms with Crippen LogP contribution in [0.25, 0.3) is 0 Å². The number of likely N-dealkylation sites (tertiary alicyclic amines) is 1. The number of nitrogens with zero attached hydrogens (tertiary/aromatic N) is 2. The summed E-state index contributed by atoms with van der Waals surface area (Å²) in [6.07, 6.45) is 5.58. The molecule has 1 aliphatic heterocycles. The van der Waals surface area contributed by atoms with Gasteiger partial charge < -0.3 is 11.1 Å². The van der Waals surface area contributed by atoms with Crippen molar-refractivity contribution < 1.29 is 0 Å². The van der Waals surface area contributed by atoms with Crippen molar-refractivity contribution in [3.05, 3.63) is 52.2 Å². The average Bonchev–Trinajstić information content (AvgIpc) is 3.10. The van der Waals surface area contributed by atoms with Crippen LogP contribution in [0.3, 0.4) is 0 Å². The molecule has 1 fully saturated rings. The highest BCUT2D eigenvalue weighted by atomic mass is 35.5. The van der Waals surface area contributed by atoms with Gasteiger partial charge in [-0.15, -0.1) is 0 Å². The number of rotatable bonds is 8. The summed E-state index contributed by atoms with van der Waals surface area (Å²) >= 11 is 6.58. The average molecular weight is 387 g/mol. The largest absolute Gasteiger partial charge is 0.384 e. The lowest BCUT2D eigenvalue weighted by Gasteiger charge is -2.16. The van der Waals surface area contributed by atoms with Crippen molar-refractivity contribution in [1.82, 2.24) is 9.88 Å². The van der Waals surface area contributed by atoms with Gasteiger partial charge in [-0.2, -0.15) is 0 Å². The third-order valence-electron chi connectivity index (χ3n) is 5.13. The van der Waals surface area contributed by atoms with E-state index in [-0.39, 0.29) is 0 Å². The number of pyridine rings is 1. The molecule has 0 saturated carbocycles. The van der Waals surface area contributed by atoms with Crippen molar-refractivity contribution in [2.24, 2.45) is 0 Å². The normalized spacial score (nSPS) is 15.8. The zero-order valence-electron chi connectivity index (χ0n) is 16.5. The Morgan fingerprint density at radius 2 is 2.00 bits per heavy atom. The molecule has 5 heteroatoms. The maximum Gasteiger partial charge on any atom is 0.125 e. The first-order valence-electron chi connectivity index (χ1n) is 10.1. The number of halogens is 1. The van der Waals surface area contributed by atoms with Gasteiger partial charge in [0.25, 0.3) is 0 Å². The zero-order chi connectivity index (χ0) is 19.2. The standard InChI is InChI=1S/C22H31ClN4/c1-3-6-16(2)25-20-13-19(26-22(24)14-20)12-18-8-7-17(11-21(18)23)15-27-9-4-5-10-27/h7-8,11,13-14,16H,3-6,9-10,12,15H2,1-2H3,(H3,24,25,26)/t16-/m1/s1. The smallest absolute Gasteiger partial charge is 0.125 e. The molecule has 0 spiro atoms. The van der Waals surface area contributed by atoms with Gasteiger partial charge in [-0.3, -0.25) is 4.90 Å². The Morgan fingerprint density at radius 3 is 2.70 bits per heavy atom. The Kier molecular flexibility index (Phi) is 6.97. The second-order valence-electron chi connectivity index (χ2n) is 7.69. The van der Waals surface area contributed by atoms with Gasteiger partial charge >= 0.3 is 0 Å². The van der Waals surface area contributed by atoms with E-state index in [4.69, 9.17) is 17.3 Å². The summed E-state index contributed by atoms with van der Waals surface area (Å²) < 4.78 is 0. The van der Waals surface area contributed by atoms with Crippen LogP contribution in [-0.2, 0) is 13.0 Å². The van der Waals surface area contributed by atoms with Crippen LogP contribution in [0.15, 0.2) is 30.3 Å². The van der Waals surface area contributed by atoms with E-state index in [0.717, 1.165) is 41.4 Å². The monoisotopic (exact) mass is 386 g/mol. The molecule has 1 atom stereocenters. The molecule has 1 aromatic heterocycles. The van der Waals surface area contributed by atoms with E-state index in [1.54, 1.807) is 0 Å². The van der Waals surface area contributed by atoms with Crippen molar-refractivity contribution in [3.63, 3.8) is 0 Å². The van der Waals surface area contributed by atoms with Crippen LogP contribution in [0.2, 0.25) is 5.02 Å². The minimum atomic E-state index is 0.415. The highest BCUT2D eigenvalue weighted by molar-refractivity contribution is 6.31. The number of hydrogen-bond donors (Lipinski definition) is 2. The molecule has 1 aromatic carbocycles. The second kappa shape index (κ2) is 9.43. The van der Waals surface area contributed by atoms with E-state index in [1.807, 2.05) is 6.07 Å². The lowest BCUT2D eigenvalue weighted by atomic mass is 10.1. The summed E-state index contributed by atoms with van der Waals surface area (Å²) in [5.41, 5.74) is 10.4. The Morgan fingerprint density at radius 1 is 1.22 bits per heavy atom. The summed E-state index contributed by atoms with van der Waals surface area (Å²) in [5.74, 6) is 0.542. The fourth-order valence-electron chi connectivity index (χ4n) is 3.80. The summed E-state index contributed by atoms with van der Waals surface area (Å²) in [5, 5.41) is 4.33. The molecule has 2 heterocycles. The van der Waals surface area contributed by atoms with Gasteiger partial charge in [0.1, 0.15) is 5.82 Å². The van der Waals surface area contributed by atoms with Crippen LogP contribution in [0.1, 0.15) is 56.4 Å². The minimum Gasteiger partial charge on any atom is -0.384 e. The number of benzene rings is 1. The fraction of sp³-hybridized carbons (Fsp3) is 0.500. The Balaban J connectivity index is 1.69. The molecule has 3 rings (SSSR count). The number of anilines is 2. The van der Waals surface area contributed by atoms with E-state index in [9.17, 15) is 0 Å². The van der Waals surface area contributed by atoms with Crippen LogP contribution in [0.4, 0.5) is 11.5 Å². The van der Waals surface area contributed by atoms with E-state index in [1.165, 1.54) is 31.5 Å². The molecular formula is C22H31ClN4. The fourth-order valence-corrected chi connectivity index (χ4v) is 4.07. The Labute approximate surface area is 168 Å². The molecule has 27 heavy (non-hydrogen) atoms. The predicted octanol–water partition coefficient (Wildman–Crippen LogP) is 5.10. The van der Waals surface area contributed by atoms with E-state index < -0.39 is 0 Å². The van der Waals surface area contributed by atoms with Crippen molar-refractivity contribution in [2.75, 3.05) is 24.1 Å². The molecule has 0 bridgehead atoms. The summed E-state index contributed by atoms with van der Waals surface area (Å²) in [7, 11) is 0. The second-order valence-corrected chi connectivity index (χ2v) is 8.10. The molecule has 146 valence electrons. The number of hydrogen-bond acceptors (Lipinski definition) is 4. The molecule has 0 aliphatic carbocycles. The molecular weight excluding hydrogens is 356 g/mol. The van der Waals surface area contributed by atoms with Crippen molar-refractivity contribution in [2.45, 2.75) is 58.5 Å². The quantitative estimate of drug-likeness (QED) is 0.662. The van der Waals surface area contributed by atoms with E-state index in [2.05, 4.69) is 53.3 Å². The molecule has 2 aromatic rings. The topological polar surface area (TPSA) is 54.2 Å². The molecule has 0 amide bonds. The van der Waals surface area contributed by atoms with Gasteiger partial charge in [0.15, 0.2) is 0 Å². The van der Waals surface area contributed by atoms with Crippen LogP contribution in [0, 0.1) is 0 Å². The van der Waals surface area contributed by atoms with E-state index in [0.29, 0.717) is 18.3 Å². The lowest BCUT2D eigenvalue weighted by molar-refractivity contribution is 0.331. The molecule has 0 radical (unpaired) electrons. The van der Waals surface area contributed by atoms with Crippen LogP contribution < -0.4 is 11.1 Å². The van der Waals surface area contributed by atoms with Crippen molar-refractivity contribution >= 4 is 23.1 Å². The van der Waals surface area contributed by atoms with E-state index >= 15 is 0 Å². The Bertz CT molecular complexity index is 756. The maximum absolute atomic E-state index is 6.58. The SMILES string of the molecule is CCC[C@@H](C)Nc1cc(N)nc(Cc2ccc(CN3CCCC3)cc2Cl)c1. The summed E-state index contributed by atoms with van der Waals surface area (Å²) in [4.78, 5) is 6.99. The molecule has 0 unspecified atom stereocenters. The first kappa shape index (κ1) is 20.0. The predicted molar refractivity (Wildman–Crippen MR) is 115 cm³/mol. The third-order valence-corrected chi connectivity index (χ3v) is 5.48. The maximum atomic E-state index is 6.58. The van der Waals surface area contributed by atoms with Crippen molar-refractivity contribution in [3.8, 4) is 0 Å². The molecule has 1 saturated heterocycles. The first-order valence-corrected chi connectivity index (χ1v) is 10.4. The minimum absolute atomic E-state index is 0.415. The lowest BCUT2D eigenvalue weighted by Crippen LogP contribution is -2.18. The summed E-state index contributed by atoms with van der Waals surface area (Å²) in [6, 6.07) is 10.8. The number of nitrogen functional groups attached to an aromatic ring is 1. The van der Waals surface area contributed by atoms with Gasteiger partial charge in [0.05, 0.1) is 0 Å². The van der Waals surface area contributed by atoms with Gasteiger partial charge in [0.2, 0.25) is 0 Å². The third kappa shape index (κ3) is 5.85. The molecule has 1 aliphatic rings. The number of nitrogens with one attached hydrogen (secondary N) is 1. The van der Waals surface area contributed by atoms with Gasteiger partial charge in [-0.1, -0.05) is 37.1 Å². The van der Waals surface area contributed by atoms with Gasteiger partial charge in [0, 0.05) is 41.5 Å². The highest BCUT2D eigenvalue weighted by Gasteiger charge is 2.13.